The van der Waals surface area contributed by atoms with Gasteiger partial charge in [0.15, 0.2) is 17.3 Å². The Hall–Kier alpha value is -3.61. The number of hydrogen-bond acceptors (Lipinski definition) is 5. The molecule has 4 rings (SSSR count). The molecule has 2 heterocycles. The fourth-order valence-electron chi connectivity index (χ4n) is 2.79. The third-order valence-electron chi connectivity index (χ3n) is 4.48. The van der Waals surface area contributed by atoms with Gasteiger partial charge in [-0.15, -0.1) is 0 Å². The zero-order chi connectivity index (χ0) is 19.0. The van der Waals surface area contributed by atoms with Crippen molar-refractivity contribution in [3.05, 3.63) is 75.8 Å². The highest BCUT2D eigenvalue weighted by atomic mass is 16.7. The molecule has 1 amide bonds. The highest BCUT2D eigenvalue weighted by Gasteiger charge is 2.17. The molecular weight excluding hydrogens is 346 g/mol. The van der Waals surface area contributed by atoms with Crippen molar-refractivity contribution in [2.24, 2.45) is 0 Å². The summed E-state index contributed by atoms with van der Waals surface area (Å²) in [5.41, 5.74) is 2.86. The number of nitrogens with one attached hydrogen (secondary N) is 1. The number of aromatic nitrogens is 2. The first-order valence-corrected chi connectivity index (χ1v) is 8.39. The standard InChI is InChI=1S/C20H17N3O4/c1-12-3-5-15(9-13(12)2)23-8-7-21-18(20(23)25)22-19(24)14-4-6-16-17(10-14)27-11-26-16/h3-10H,11H2,1-2H3,(H,21,22,24). The molecule has 0 fully saturated rings. The van der Waals surface area contributed by atoms with Gasteiger partial charge in [-0.3, -0.25) is 14.2 Å². The molecule has 0 spiro atoms. The van der Waals surface area contributed by atoms with Crippen LogP contribution in [0.2, 0.25) is 0 Å². The summed E-state index contributed by atoms with van der Waals surface area (Å²) in [4.78, 5) is 29.3. The van der Waals surface area contributed by atoms with Crippen molar-refractivity contribution in [3.8, 4) is 17.2 Å². The summed E-state index contributed by atoms with van der Waals surface area (Å²) < 4.78 is 12.0. The Labute approximate surface area is 155 Å². The normalized spacial score (nSPS) is 12.1. The number of anilines is 1. The second kappa shape index (κ2) is 6.60. The Kier molecular flexibility index (Phi) is 4.12. The van der Waals surface area contributed by atoms with Gasteiger partial charge in [0.05, 0.1) is 0 Å². The third kappa shape index (κ3) is 3.15. The molecule has 7 nitrogen and oxygen atoms in total. The summed E-state index contributed by atoms with van der Waals surface area (Å²) >= 11 is 0. The number of amides is 1. The zero-order valence-corrected chi connectivity index (χ0v) is 14.9. The Bertz CT molecular complexity index is 1100. The predicted octanol–water partition coefficient (Wildman–Crippen LogP) is 2.83. The van der Waals surface area contributed by atoms with Gasteiger partial charge in [-0.05, 0) is 55.3 Å². The number of carbonyl (C=O) groups is 1. The molecule has 7 heteroatoms. The van der Waals surface area contributed by atoms with E-state index in [4.69, 9.17) is 9.47 Å². The first kappa shape index (κ1) is 16.8. The van der Waals surface area contributed by atoms with Crippen molar-refractivity contribution < 1.29 is 14.3 Å². The van der Waals surface area contributed by atoms with Crippen LogP contribution < -0.4 is 20.3 Å². The van der Waals surface area contributed by atoms with Gasteiger partial charge in [-0.1, -0.05) is 6.07 Å². The van der Waals surface area contributed by atoms with Gasteiger partial charge in [0.25, 0.3) is 11.5 Å². The molecule has 0 radical (unpaired) electrons. The van der Waals surface area contributed by atoms with E-state index in [1.807, 2.05) is 32.0 Å². The van der Waals surface area contributed by atoms with Gasteiger partial charge < -0.3 is 14.8 Å². The minimum Gasteiger partial charge on any atom is -0.454 e. The minimum atomic E-state index is -0.448. The van der Waals surface area contributed by atoms with Crippen LogP contribution in [0, 0.1) is 13.8 Å². The second-order valence-electron chi connectivity index (χ2n) is 6.24. The predicted molar refractivity (Wildman–Crippen MR) is 99.8 cm³/mol. The van der Waals surface area contributed by atoms with Crippen LogP contribution in [-0.4, -0.2) is 22.3 Å². The lowest BCUT2D eigenvalue weighted by molar-refractivity contribution is 0.102. The van der Waals surface area contributed by atoms with E-state index in [0.717, 1.165) is 11.1 Å². The average Bonchev–Trinajstić information content (AvgIpc) is 3.13. The van der Waals surface area contributed by atoms with Crippen LogP contribution >= 0.6 is 0 Å². The molecule has 1 aliphatic heterocycles. The molecule has 2 aromatic carbocycles. The SMILES string of the molecule is Cc1ccc(-n2ccnc(NC(=O)c3ccc4c(c3)OCO4)c2=O)cc1C. The van der Waals surface area contributed by atoms with Crippen LogP contribution in [-0.2, 0) is 0 Å². The number of aryl methyl sites for hydroxylation is 2. The molecule has 0 unspecified atom stereocenters. The molecule has 0 saturated carbocycles. The maximum atomic E-state index is 12.8. The lowest BCUT2D eigenvalue weighted by atomic mass is 10.1. The van der Waals surface area contributed by atoms with Crippen LogP contribution in [0.3, 0.4) is 0 Å². The molecule has 1 aromatic heterocycles. The van der Waals surface area contributed by atoms with E-state index >= 15 is 0 Å². The van der Waals surface area contributed by atoms with E-state index in [0.29, 0.717) is 22.7 Å². The highest BCUT2D eigenvalue weighted by molar-refractivity contribution is 6.04. The van der Waals surface area contributed by atoms with E-state index in [9.17, 15) is 9.59 Å². The van der Waals surface area contributed by atoms with Crippen LogP contribution in [0.1, 0.15) is 21.5 Å². The molecule has 3 aromatic rings. The van der Waals surface area contributed by atoms with E-state index in [2.05, 4.69) is 10.3 Å². The van der Waals surface area contributed by atoms with Gasteiger partial charge in [0.1, 0.15) is 0 Å². The van der Waals surface area contributed by atoms with Crippen LogP contribution in [0.15, 0.2) is 53.6 Å². The summed E-state index contributed by atoms with van der Waals surface area (Å²) in [6.07, 6.45) is 3.05. The number of hydrogen-bond donors (Lipinski definition) is 1. The molecule has 27 heavy (non-hydrogen) atoms. The number of nitrogens with zero attached hydrogens (tertiary/aromatic N) is 2. The van der Waals surface area contributed by atoms with E-state index < -0.39 is 11.5 Å². The van der Waals surface area contributed by atoms with E-state index in [-0.39, 0.29) is 12.6 Å². The zero-order valence-electron chi connectivity index (χ0n) is 14.9. The van der Waals surface area contributed by atoms with Crippen molar-refractivity contribution in [2.75, 3.05) is 12.1 Å². The van der Waals surface area contributed by atoms with Crippen molar-refractivity contribution in [3.63, 3.8) is 0 Å². The first-order valence-electron chi connectivity index (χ1n) is 8.39. The quantitative estimate of drug-likeness (QED) is 0.774. The molecule has 0 aliphatic carbocycles. The second-order valence-corrected chi connectivity index (χ2v) is 6.24. The number of fused-ring (bicyclic) bond motifs is 1. The van der Waals surface area contributed by atoms with E-state index in [1.54, 1.807) is 24.4 Å². The molecule has 0 saturated heterocycles. The number of ether oxygens (including phenoxy) is 2. The molecule has 0 bridgehead atoms. The Morgan fingerprint density at radius 3 is 2.70 bits per heavy atom. The van der Waals surface area contributed by atoms with E-state index in [1.165, 1.54) is 10.8 Å². The fourth-order valence-corrected chi connectivity index (χ4v) is 2.79. The third-order valence-corrected chi connectivity index (χ3v) is 4.48. The lowest BCUT2D eigenvalue weighted by Crippen LogP contribution is -2.26. The average molecular weight is 363 g/mol. The topological polar surface area (TPSA) is 82.5 Å². The largest absolute Gasteiger partial charge is 0.454 e. The van der Waals surface area contributed by atoms with Crippen LogP contribution in [0.25, 0.3) is 5.69 Å². The number of rotatable bonds is 3. The minimum absolute atomic E-state index is 0.0432. The number of carbonyl (C=O) groups excluding carboxylic acids is 1. The molecule has 0 atom stereocenters. The maximum Gasteiger partial charge on any atom is 0.298 e. The van der Waals surface area contributed by atoms with Gasteiger partial charge >= 0.3 is 0 Å². The van der Waals surface area contributed by atoms with Crippen molar-refractivity contribution in [1.82, 2.24) is 9.55 Å². The van der Waals surface area contributed by atoms with Gasteiger partial charge in [-0.2, -0.15) is 0 Å². The molecule has 1 N–H and O–H groups in total. The molecule has 136 valence electrons. The summed E-state index contributed by atoms with van der Waals surface area (Å²) in [5, 5.41) is 2.57. The molecule has 1 aliphatic rings. The smallest absolute Gasteiger partial charge is 0.298 e. The highest BCUT2D eigenvalue weighted by Crippen LogP contribution is 2.32. The van der Waals surface area contributed by atoms with Crippen molar-refractivity contribution >= 4 is 11.7 Å². The van der Waals surface area contributed by atoms with Crippen molar-refractivity contribution in [1.29, 1.82) is 0 Å². The number of benzene rings is 2. The monoisotopic (exact) mass is 363 g/mol. The van der Waals surface area contributed by atoms with Crippen LogP contribution in [0.5, 0.6) is 11.5 Å². The first-order chi connectivity index (χ1) is 13.0. The van der Waals surface area contributed by atoms with Gasteiger partial charge in [-0.25, -0.2) is 4.98 Å². The fraction of sp³-hybridized carbons (Fsp3) is 0.150. The summed E-state index contributed by atoms with van der Waals surface area (Å²) in [5.74, 6) is 0.590. The lowest BCUT2D eigenvalue weighted by Gasteiger charge is -2.10. The Morgan fingerprint density at radius 2 is 1.89 bits per heavy atom. The Morgan fingerprint density at radius 1 is 1.07 bits per heavy atom. The maximum absolute atomic E-state index is 12.8. The summed E-state index contributed by atoms with van der Waals surface area (Å²) in [6.45, 7) is 4.11. The van der Waals surface area contributed by atoms with Gasteiger partial charge in [0.2, 0.25) is 6.79 Å². The van der Waals surface area contributed by atoms with Crippen molar-refractivity contribution in [2.45, 2.75) is 13.8 Å². The summed E-state index contributed by atoms with van der Waals surface area (Å²) in [6, 6.07) is 10.6. The van der Waals surface area contributed by atoms with Crippen LogP contribution in [0.4, 0.5) is 5.82 Å². The summed E-state index contributed by atoms with van der Waals surface area (Å²) in [7, 11) is 0. The molecular formula is C20H17N3O4. The Balaban J connectivity index is 1.64. The van der Waals surface area contributed by atoms with Gasteiger partial charge in [0, 0.05) is 23.6 Å².